The van der Waals surface area contributed by atoms with E-state index in [0.717, 1.165) is 19.0 Å². The molecule has 0 aromatic carbocycles. The Bertz CT molecular complexity index is 135. The first-order valence-corrected chi connectivity index (χ1v) is 5.90. The lowest BCUT2D eigenvalue weighted by Gasteiger charge is -2.29. The zero-order chi connectivity index (χ0) is 10.2. The van der Waals surface area contributed by atoms with Crippen LogP contribution in [0.1, 0.15) is 26.2 Å². The zero-order valence-electron chi connectivity index (χ0n) is 9.74. The Morgan fingerprint density at radius 2 is 1.93 bits per heavy atom. The molecule has 1 heterocycles. The van der Waals surface area contributed by atoms with Crippen molar-refractivity contribution in [3.63, 3.8) is 0 Å². The van der Waals surface area contributed by atoms with E-state index in [0.29, 0.717) is 6.61 Å². The Hall–Kier alpha value is 0.170. The van der Waals surface area contributed by atoms with Gasteiger partial charge in [-0.25, -0.2) is 0 Å². The molecular weight excluding hydrogens is 212 g/mol. The Morgan fingerprint density at radius 3 is 2.47 bits per heavy atom. The third-order valence-corrected chi connectivity index (χ3v) is 2.93. The second-order valence-electron chi connectivity index (χ2n) is 4.22. The fourth-order valence-corrected chi connectivity index (χ4v) is 2.18. The molecule has 15 heavy (non-hydrogen) atoms. The van der Waals surface area contributed by atoms with E-state index in [4.69, 9.17) is 5.11 Å². The van der Waals surface area contributed by atoms with Crippen molar-refractivity contribution in [1.29, 1.82) is 0 Å². The second-order valence-corrected chi connectivity index (χ2v) is 4.22. The fraction of sp³-hybridized carbons (Fsp3) is 1.00. The number of hydrogen-bond donors (Lipinski definition) is 2. The summed E-state index contributed by atoms with van der Waals surface area (Å²) in [7, 11) is 0. The summed E-state index contributed by atoms with van der Waals surface area (Å²) in [5, 5.41) is 12.3. The number of nitrogens with one attached hydrogen (secondary N) is 1. The quantitative estimate of drug-likeness (QED) is 0.726. The van der Waals surface area contributed by atoms with Crippen molar-refractivity contribution in [2.24, 2.45) is 5.92 Å². The van der Waals surface area contributed by atoms with Gasteiger partial charge in [0.15, 0.2) is 0 Å². The largest absolute Gasteiger partial charge is 0.395 e. The first-order chi connectivity index (χ1) is 6.86. The minimum atomic E-state index is 0. The molecule has 0 saturated carbocycles. The molecule has 0 radical (unpaired) electrons. The summed E-state index contributed by atoms with van der Waals surface area (Å²) in [5.74, 6) is 0.842. The number of aliphatic hydroxyl groups excluding tert-OH is 1. The monoisotopic (exact) mass is 236 g/mol. The Kier molecular flexibility index (Phi) is 9.51. The highest BCUT2D eigenvalue weighted by Gasteiger charge is 2.15. The van der Waals surface area contributed by atoms with Crippen LogP contribution in [0.15, 0.2) is 0 Å². The average Bonchev–Trinajstić information content (AvgIpc) is 2.20. The van der Waals surface area contributed by atoms with Gasteiger partial charge in [0.05, 0.1) is 6.61 Å². The summed E-state index contributed by atoms with van der Waals surface area (Å²) in [6.45, 7) is 7.99. The van der Waals surface area contributed by atoms with Crippen LogP contribution in [0.25, 0.3) is 0 Å². The van der Waals surface area contributed by atoms with Crippen molar-refractivity contribution in [1.82, 2.24) is 10.2 Å². The van der Waals surface area contributed by atoms with E-state index >= 15 is 0 Å². The molecule has 0 unspecified atom stereocenters. The molecular formula is C11H25ClN2O. The number of nitrogens with zero attached hydrogens (tertiary/aromatic N) is 1. The number of piperidine rings is 1. The summed E-state index contributed by atoms with van der Waals surface area (Å²) in [6, 6.07) is 0. The number of hydrogen-bond acceptors (Lipinski definition) is 3. The van der Waals surface area contributed by atoms with Gasteiger partial charge in [-0.15, -0.1) is 12.4 Å². The van der Waals surface area contributed by atoms with Gasteiger partial charge in [-0.3, -0.25) is 0 Å². The van der Waals surface area contributed by atoms with E-state index in [2.05, 4.69) is 17.1 Å². The zero-order valence-corrected chi connectivity index (χ0v) is 10.6. The van der Waals surface area contributed by atoms with Crippen molar-refractivity contribution < 1.29 is 5.11 Å². The Balaban J connectivity index is 0.00000196. The van der Waals surface area contributed by atoms with Crippen LogP contribution in [0.3, 0.4) is 0 Å². The van der Waals surface area contributed by atoms with Gasteiger partial charge in [0, 0.05) is 13.1 Å². The van der Waals surface area contributed by atoms with Gasteiger partial charge in [0.1, 0.15) is 0 Å². The minimum Gasteiger partial charge on any atom is -0.395 e. The van der Waals surface area contributed by atoms with Gasteiger partial charge in [-0.05, 0) is 44.8 Å². The highest BCUT2D eigenvalue weighted by molar-refractivity contribution is 5.85. The molecule has 0 atom stereocenters. The number of halogens is 1. The lowest BCUT2D eigenvalue weighted by molar-refractivity contribution is 0.163. The van der Waals surface area contributed by atoms with Gasteiger partial charge in [0.2, 0.25) is 0 Å². The van der Waals surface area contributed by atoms with Crippen LogP contribution in [-0.4, -0.2) is 49.3 Å². The predicted octanol–water partition coefficient (Wildman–Crippen LogP) is 1.11. The van der Waals surface area contributed by atoms with E-state index in [9.17, 15) is 0 Å². The average molecular weight is 237 g/mol. The van der Waals surface area contributed by atoms with Crippen LogP contribution in [0.4, 0.5) is 0 Å². The molecule has 4 heteroatoms. The van der Waals surface area contributed by atoms with Crippen LogP contribution >= 0.6 is 12.4 Å². The molecule has 1 rings (SSSR count). The summed E-state index contributed by atoms with van der Waals surface area (Å²) in [4.78, 5) is 2.40. The molecule has 1 saturated heterocycles. The standard InChI is InChI=1S/C11H24N2O.ClH/c1-2-7-13(8-9-14)10-11-3-5-12-6-4-11;/h11-12,14H,2-10H2,1H3;1H. The van der Waals surface area contributed by atoms with Crippen LogP contribution in [0.2, 0.25) is 0 Å². The van der Waals surface area contributed by atoms with E-state index in [1.807, 2.05) is 0 Å². The van der Waals surface area contributed by atoms with Crippen LogP contribution in [-0.2, 0) is 0 Å². The van der Waals surface area contributed by atoms with E-state index in [1.165, 1.54) is 38.9 Å². The second kappa shape index (κ2) is 9.40. The molecule has 2 N–H and O–H groups in total. The summed E-state index contributed by atoms with van der Waals surface area (Å²) >= 11 is 0. The molecule has 0 amide bonds. The molecule has 1 fully saturated rings. The normalized spacial score (nSPS) is 17.8. The van der Waals surface area contributed by atoms with E-state index in [1.54, 1.807) is 0 Å². The highest BCUT2D eigenvalue weighted by Crippen LogP contribution is 2.13. The first kappa shape index (κ1) is 15.2. The molecule has 0 spiro atoms. The third kappa shape index (κ3) is 6.36. The smallest absolute Gasteiger partial charge is 0.0558 e. The molecule has 0 aromatic rings. The van der Waals surface area contributed by atoms with Crippen LogP contribution < -0.4 is 5.32 Å². The summed E-state index contributed by atoms with van der Waals surface area (Å²) < 4.78 is 0. The molecule has 0 bridgehead atoms. The Morgan fingerprint density at radius 1 is 1.27 bits per heavy atom. The van der Waals surface area contributed by atoms with Crippen molar-refractivity contribution in [3.05, 3.63) is 0 Å². The SMILES string of the molecule is CCCN(CCO)CC1CCNCC1.Cl. The maximum atomic E-state index is 8.94. The van der Waals surface area contributed by atoms with Crippen molar-refractivity contribution in [2.75, 3.05) is 39.3 Å². The summed E-state index contributed by atoms with van der Waals surface area (Å²) in [5.41, 5.74) is 0. The maximum Gasteiger partial charge on any atom is 0.0558 e. The third-order valence-electron chi connectivity index (χ3n) is 2.93. The topological polar surface area (TPSA) is 35.5 Å². The van der Waals surface area contributed by atoms with Crippen molar-refractivity contribution in [2.45, 2.75) is 26.2 Å². The Labute approximate surface area is 99.6 Å². The van der Waals surface area contributed by atoms with Gasteiger partial charge in [-0.1, -0.05) is 6.92 Å². The van der Waals surface area contributed by atoms with Crippen LogP contribution in [0, 0.1) is 5.92 Å². The van der Waals surface area contributed by atoms with Crippen LogP contribution in [0.5, 0.6) is 0 Å². The maximum absolute atomic E-state index is 8.94. The van der Waals surface area contributed by atoms with E-state index in [-0.39, 0.29) is 12.4 Å². The minimum absolute atomic E-state index is 0. The lowest BCUT2D eigenvalue weighted by Crippen LogP contribution is -2.37. The molecule has 0 aliphatic carbocycles. The van der Waals surface area contributed by atoms with Gasteiger partial charge in [0.25, 0.3) is 0 Å². The molecule has 3 nitrogen and oxygen atoms in total. The number of rotatable bonds is 6. The molecule has 0 aromatic heterocycles. The van der Waals surface area contributed by atoms with E-state index < -0.39 is 0 Å². The van der Waals surface area contributed by atoms with Gasteiger partial charge in [-0.2, -0.15) is 0 Å². The van der Waals surface area contributed by atoms with Gasteiger partial charge < -0.3 is 15.3 Å². The van der Waals surface area contributed by atoms with Gasteiger partial charge >= 0.3 is 0 Å². The van der Waals surface area contributed by atoms with Crippen molar-refractivity contribution in [3.8, 4) is 0 Å². The molecule has 1 aliphatic rings. The van der Waals surface area contributed by atoms with Crippen molar-refractivity contribution >= 4 is 12.4 Å². The molecule has 92 valence electrons. The first-order valence-electron chi connectivity index (χ1n) is 5.90. The lowest BCUT2D eigenvalue weighted by atomic mass is 9.97. The highest BCUT2D eigenvalue weighted by atomic mass is 35.5. The summed E-state index contributed by atoms with van der Waals surface area (Å²) in [6.07, 6.45) is 3.78. The molecule has 1 aliphatic heterocycles. The fourth-order valence-electron chi connectivity index (χ4n) is 2.18. The predicted molar refractivity (Wildman–Crippen MR) is 66.7 cm³/mol. The number of aliphatic hydroxyl groups is 1.